The third-order valence-corrected chi connectivity index (χ3v) is 6.89. The van der Waals surface area contributed by atoms with Crippen molar-refractivity contribution in [3.05, 3.63) is 71.0 Å². The average Bonchev–Trinajstić information content (AvgIpc) is 3.50. The van der Waals surface area contributed by atoms with Crippen LogP contribution in [0.15, 0.2) is 60.0 Å². The number of nitrogens with one attached hydrogen (secondary N) is 3. The van der Waals surface area contributed by atoms with Gasteiger partial charge in [-0.1, -0.05) is 23.7 Å². The van der Waals surface area contributed by atoms with Gasteiger partial charge in [0.15, 0.2) is 0 Å². The lowest BCUT2D eigenvalue weighted by molar-refractivity contribution is -0.121. The number of carbonyl (C=O) groups is 1. The Bertz CT molecular complexity index is 1140. The number of rotatable bonds is 8. The van der Waals surface area contributed by atoms with E-state index in [0.717, 1.165) is 22.8 Å². The van der Waals surface area contributed by atoms with Gasteiger partial charge in [0.2, 0.25) is 5.91 Å². The second-order valence-corrected chi connectivity index (χ2v) is 9.14. The van der Waals surface area contributed by atoms with Gasteiger partial charge in [0.05, 0.1) is 26.3 Å². The van der Waals surface area contributed by atoms with Crippen molar-refractivity contribution in [3.8, 4) is 11.5 Å². The van der Waals surface area contributed by atoms with Crippen LogP contribution in [0.3, 0.4) is 0 Å². The van der Waals surface area contributed by atoms with Crippen molar-refractivity contribution in [1.29, 1.82) is 0 Å². The molecule has 35 heavy (non-hydrogen) atoms. The number of amides is 1. The Morgan fingerprint density at radius 1 is 1.17 bits per heavy atom. The van der Waals surface area contributed by atoms with Gasteiger partial charge in [0, 0.05) is 48.4 Å². The highest BCUT2D eigenvalue weighted by Crippen LogP contribution is 2.34. The van der Waals surface area contributed by atoms with E-state index in [9.17, 15) is 4.79 Å². The van der Waals surface area contributed by atoms with E-state index in [4.69, 9.17) is 21.1 Å². The van der Waals surface area contributed by atoms with Crippen molar-refractivity contribution < 1.29 is 14.3 Å². The van der Waals surface area contributed by atoms with Gasteiger partial charge in [-0.15, -0.1) is 0 Å². The molecule has 3 aliphatic heterocycles. The molecule has 9 nitrogen and oxygen atoms in total. The summed E-state index contributed by atoms with van der Waals surface area (Å²) in [7, 11) is 3.21. The van der Waals surface area contributed by atoms with Crippen molar-refractivity contribution in [2.75, 3.05) is 14.2 Å². The van der Waals surface area contributed by atoms with Crippen molar-refractivity contribution >= 4 is 23.3 Å². The van der Waals surface area contributed by atoms with Crippen LogP contribution in [0.4, 0.5) is 0 Å². The molecule has 0 aliphatic carbocycles. The first-order chi connectivity index (χ1) is 17.1. The van der Waals surface area contributed by atoms with Gasteiger partial charge in [-0.25, -0.2) is 5.43 Å². The molecule has 3 heterocycles. The van der Waals surface area contributed by atoms with E-state index < -0.39 is 0 Å². The summed E-state index contributed by atoms with van der Waals surface area (Å²) in [6, 6.07) is 13.9. The molecule has 184 valence electrons. The zero-order valence-corrected chi connectivity index (χ0v) is 20.5. The highest BCUT2D eigenvalue weighted by atomic mass is 35.5. The molecule has 1 amide bonds. The molecule has 0 radical (unpaired) electrons. The molecule has 3 aliphatic rings. The van der Waals surface area contributed by atoms with Crippen LogP contribution in [-0.4, -0.2) is 48.1 Å². The van der Waals surface area contributed by atoms with E-state index in [2.05, 4.69) is 43.3 Å². The summed E-state index contributed by atoms with van der Waals surface area (Å²) in [5, 5.41) is 10.4. The summed E-state index contributed by atoms with van der Waals surface area (Å²) in [6.45, 7) is 0.387. The number of fused-ring (bicyclic) bond motifs is 3. The van der Waals surface area contributed by atoms with Gasteiger partial charge in [-0.05, 0) is 36.2 Å². The van der Waals surface area contributed by atoms with Crippen molar-refractivity contribution in [3.63, 3.8) is 0 Å². The van der Waals surface area contributed by atoms with Crippen LogP contribution >= 0.6 is 11.6 Å². The predicted molar refractivity (Wildman–Crippen MR) is 134 cm³/mol. The second kappa shape index (κ2) is 10.1. The number of benzene rings is 2. The van der Waals surface area contributed by atoms with E-state index in [1.807, 2.05) is 42.7 Å². The topological polar surface area (TPSA) is 90.5 Å². The lowest BCUT2D eigenvalue weighted by Crippen LogP contribution is -2.54. The normalized spacial score (nSPS) is 22.3. The fourth-order valence-electron chi connectivity index (χ4n) is 4.73. The number of hydrazine groups is 1. The first-order valence-corrected chi connectivity index (χ1v) is 12.0. The Balaban J connectivity index is 1.13. The number of hydrogen-bond acceptors (Lipinski definition) is 8. The lowest BCUT2D eigenvalue weighted by atomic mass is 9.99. The Labute approximate surface area is 209 Å². The molecule has 0 spiro atoms. The molecule has 5 rings (SSSR count). The number of carbonyl (C=O) groups excluding carboxylic acids is 1. The third-order valence-electron chi connectivity index (χ3n) is 6.63. The van der Waals surface area contributed by atoms with Crippen LogP contribution in [0.2, 0.25) is 5.02 Å². The van der Waals surface area contributed by atoms with Crippen LogP contribution in [0.1, 0.15) is 36.4 Å². The summed E-state index contributed by atoms with van der Waals surface area (Å²) in [5.74, 6) is 2.21. The first-order valence-electron chi connectivity index (χ1n) is 11.6. The van der Waals surface area contributed by atoms with Gasteiger partial charge in [-0.3, -0.25) is 10.2 Å². The number of ether oxygens (including phenoxy) is 2. The van der Waals surface area contributed by atoms with E-state index in [-0.39, 0.29) is 24.2 Å². The molecule has 3 N–H and O–H groups in total. The van der Waals surface area contributed by atoms with Gasteiger partial charge in [-0.2, -0.15) is 5.10 Å². The van der Waals surface area contributed by atoms with Crippen molar-refractivity contribution in [2.24, 2.45) is 5.10 Å². The zero-order chi connectivity index (χ0) is 24.4. The first kappa shape index (κ1) is 23.3. The standard InChI is InChI=1S/C25H29ClN6O3/c1-34-19-8-5-17(22(13-19)35-2)15-27-24(33)10-9-23-28-29-25-21-14-20(16-3-6-18(26)7-4-16)30-32(21)12-11-31(23)25/h3-8,11-13,20-21,25,29-30H,9-10,14-15H2,1-2H3,(H,27,33). The quantitative estimate of drug-likeness (QED) is 0.517. The van der Waals surface area contributed by atoms with E-state index in [1.165, 1.54) is 5.56 Å². The summed E-state index contributed by atoms with van der Waals surface area (Å²) in [6.07, 6.45) is 5.88. The minimum Gasteiger partial charge on any atom is -0.497 e. The lowest BCUT2D eigenvalue weighted by Gasteiger charge is -2.37. The largest absolute Gasteiger partial charge is 0.497 e. The van der Waals surface area contributed by atoms with Gasteiger partial charge < -0.3 is 24.7 Å². The second-order valence-electron chi connectivity index (χ2n) is 8.71. The molecular weight excluding hydrogens is 468 g/mol. The summed E-state index contributed by atoms with van der Waals surface area (Å²) >= 11 is 6.04. The molecular formula is C25H29ClN6O3. The van der Waals surface area contributed by atoms with Crippen molar-refractivity contribution in [2.45, 2.75) is 44.1 Å². The fourth-order valence-corrected chi connectivity index (χ4v) is 4.86. The highest BCUT2D eigenvalue weighted by Gasteiger charge is 2.44. The Kier molecular flexibility index (Phi) is 6.70. The number of halogens is 1. The fraction of sp³-hybridized carbons (Fsp3) is 0.360. The number of amidine groups is 1. The minimum atomic E-state index is -0.0398. The molecule has 1 saturated heterocycles. The monoisotopic (exact) mass is 496 g/mol. The Hall–Kier alpha value is -3.43. The van der Waals surface area contributed by atoms with Crippen LogP contribution in [-0.2, 0) is 11.3 Å². The third kappa shape index (κ3) is 4.87. The number of hydrogen-bond donors (Lipinski definition) is 3. The molecule has 0 saturated carbocycles. The van der Waals surface area contributed by atoms with Gasteiger partial charge in [0.1, 0.15) is 23.5 Å². The smallest absolute Gasteiger partial charge is 0.220 e. The molecule has 0 aromatic heterocycles. The van der Waals surface area contributed by atoms with Gasteiger partial charge in [0.25, 0.3) is 0 Å². The summed E-state index contributed by atoms with van der Waals surface area (Å²) in [5.41, 5.74) is 8.92. The minimum absolute atomic E-state index is 0.0198. The maximum absolute atomic E-state index is 12.5. The van der Waals surface area contributed by atoms with E-state index in [0.29, 0.717) is 30.9 Å². The average molecular weight is 497 g/mol. The van der Waals surface area contributed by atoms with Crippen LogP contribution in [0.5, 0.6) is 11.5 Å². The SMILES string of the molecule is COc1ccc(CNC(=O)CCC2=NNC3C4CC(c5ccc(Cl)cc5)NN4C=CN23)c(OC)c1. The van der Waals surface area contributed by atoms with Crippen LogP contribution < -0.4 is 25.6 Å². The summed E-state index contributed by atoms with van der Waals surface area (Å²) in [4.78, 5) is 14.7. The van der Waals surface area contributed by atoms with E-state index in [1.54, 1.807) is 14.2 Å². The molecule has 3 atom stereocenters. The molecule has 10 heteroatoms. The van der Waals surface area contributed by atoms with Crippen LogP contribution in [0, 0.1) is 0 Å². The molecule has 2 aromatic rings. The zero-order valence-electron chi connectivity index (χ0n) is 19.7. The molecule has 0 bridgehead atoms. The Morgan fingerprint density at radius 2 is 2.00 bits per heavy atom. The molecule has 1 fully saturated rings. The van der Waals surface area contributed by atoms with Crippen LogP contribution in [0.25, 0.3) is 0 Å². The highest BCUT2D eigenvalue weighted by molar-refractivity contribution is 6.30. The predicted octanol–water partition coefficient (Wildman–Crippen LogP) is 3.10. The molecule has 2 aromatic carbocycles. The Morgan fingerprint density at radius 3 is 2.77 bits per heavy atom. The summed E-state index contributed by atoms with van der Waals surface area (Å²) < 4.78 is 10.6. The maximum Gasteiger partial charge on any atom is 0.220 e. The number of nitrogens with zero attached hydrogens (tertiary/aromatic N) is 3. The van der Waals surface area contributed by atoms with E-state index >= 15 is 0 Å². The maximum atomic E-state index is 12.5. The number of methoxy groups -OCH3 is 2. The van der Waals surface area contributed by atoms with Crippen molar-refractivity contribution in [1.82, 2.24) is 26.1 Å². The molecule has 3 unspecified atom stereocenters. The van der Waals surface area contributed by atoms with Gasteiger partial charge >= 0.3 is 0 Å². The number of hydrazone groups is 1.